The lowest BCUT2D eigenvalue weighted by atomic mass is 9.89. The monoisotopic (exact) mass is 249 g/mol. The molecule has 100 valence electrons. The second-order valence-corrected chi connectivity index (χ2v) is 5.67. The first-order chi connectivity index (χ1) is 8.84. The lowest BCUT2D eigenvalue weighted by Gasteiger charge is -2.41. The minimum atomic E-state index is -0.0972. The van der Waals surface area contributed by atoms with Crippen LogP contribution < -0.4 is 0 Å². The van der Waals surface area contributed by atoms with Crippen LogP contribution in [0.2, 0.25) is 0 Å². The summed E-state index contributed by atoms with van der Waals surface area (Å²) >= 11 is 0. The van der Waals surface area contributed by atoms with E-state index in [-0.39, 0.29) is 6.10 Å². The Hall–Kier alpha value is -0.870. The van der Waals surface area contributed by atoms with Gasteiger partial charge in [-0.05, 0) is 31.7 Å². The molecular weight excluding hydrogens is 226 g/mol. The topological polar surface area (TPSA) is 41.3 Å². The fourth-order valence-corrected chi connectivity index (χ4v) is 3.50. The Morgan fingerprint density at radius 1 is 1.06 bits per heavy atom. The Balaban J connectivity index is 1.56. The van der Waals surface area contributed by atoms with Crippen LogP contribution in [0.1, 0.15) is 44.6 Å². The highest BCUT2D eigenvalue weighted by molar-refractivity contribution is 4.89. The molecule has 3 rings (SSSR count). The van der Waals surface area contributed by atoms with Gasteiger partial charge in [0.1, 0.15) is 0 Å². The summed E-state index contributed by atoms with van der Waals surface area (Å²) in [4.78, 5) is 2.50. The van der Waals surface area contributed by atoms with Gasteiger partial charge >= 0.3 is 0 Å². The standard InChI is InChI=1S/C14H23N3O/c18-14-5-2-1-4-13(14)16-10-6-12(7-11-16)17-9-3-8-15-17/h3,8-9,12-14,18H,1-2,4-7,10-11H2. The molecule has 2 atom stereocenters. The SMILES string of the molecule is OC1CCCCC1N1CCC(n2cccn2)CC1. The van der Waals surface area contributed by atoms with E-state index in [1.807, 2.05) is 12.3 Å². The van der Waals surface area contributed by atoms with Crippen LogP contribution in [-0.4, -0.2) is 45.0 Å². The fourth-order valence-electron chi connectivity index (χ4n) is 3.50. The van der Waals surface area contributed by atoms with Gasteiger partial charge in [-0.1, -0.05) is 12.8 Å². The van der Waals surface area contributed by atoms with Crippen LogP contribution in [0.3, 0.4) is 0 Å². The van der Waals surface area contributed by atoms with E-state index in [0.29, 0.717) is 12.1 Å². The smallest absolute Gasteiger partial charge is 0.0695 e. The van der Waals surface area contributed by atoms with Crippen molar-refractivity contribution >= 4 is 0 Å². The molecule has 1 saturated carbocycles. The Morgan fingerprint density at radius 2 is 1.83 bits per heavy atom. The van der Waals surface area contributed by atoms with Gasteiger partial charge in [0.15, 0.2) is 0 Å². The number of hydrogen-bond donors (Lipinski definition) is 1. The van der Waals surface area contributed by atoms with Crippen LogP contribution in [0.4, 0.5) is 0 Å². The predicted octanol–water partition coefficient (Wildman–Crippen LogP) is 1.82. The van der Waals surface area contributed by atoms with Crippen LogP contribution in [-0.2, 0) is 0 Å². The lowest BCUT2D eigenvalue weighted by molar-refractivity contribution is 0.00428. The Labute approximate surface area is 109 Å². The molecule has 0 aromatic carbocycles. The average Bonchev–Trinajstić information content (AvgIpc) is 2.94. The first-order valence-electron chi connectivity index (χ1n) is 7.26. The van der Waals surface area contributed by atoms with Crippen LogP contribution >= 0.6 is 0 Å². The number of likely N-dealkylation sites (tertiary alicyclic amines) is 1. The summed E-state index contributed by atoms with van der Waals surface area (Å²) in [6.45, 7) is 2.21. The molecule has 2 fully saturated rings. The number of aliphatic hydroxyl groups is 1. The normalized spacial score (nSPS) is 31.6. The van der Waals surface area contributed by atoms with Gasteiger partial charge in [-0.25, -0.2) is 0 Å². The summed E-state index contributed by atoms with van der Waals surface area (Å²) < 4.78 is 2.09. The van der Waals surface area contributed by atoms with Crippen molar-refractivity contribution < 1.29 is 5.11 Å². The van der Waals surface area contributed by atoms with Crippen LogP contribution in [0, 0.1) is 0 Å². The summed E-state index contributed by atoms with van der Waals surface area (Å²) in [6.07, 6.45) is 10.8. The van der Waals surface area contributed by atoms with Crippen molar-refractivity contribution in [3.63, 3.8) is 0 Å². The van der Waals surface area contributed by atoms with Gasteiger partial charge in [-0.3, -0.25) is 9.58 Å². The predicted molar refractivity (Wildman–Crippen MR) is 70.3 cm³/mol. The summed E-state index contributed by atoms with van der Waals surface area (Å²) in [5, 5.41) is 14.5. The minimum absolute atomic E-state index is 0.0972. The van der Waals surface area contributed by atoms with E-state index in [4.69, 9.17) is 0 Å². The molecule has 1 aliphatic heterocycles. The van der Waals surface area contributed by atoms with Crippen molar-refractivity contribution in [2.75, 3.05) is 13.1 Å². The summed E-state index contributed by atoms with van der Waals surface area (Å²) in [6, 6.07) is 2.96. The van der Waals surface area contributed by atoms with Crippen molar-refractivity contribution in [3.05, 3.63) is 18.5 Å². The van der Waals surface area contributed by atoms with Gasteiger partial charge in [-0.2, -0.15) is 5.10 Å². The van der Waals surface area contributed by atoms with Crippen LogP contribution in [0.25, 0.3) is 0 Å². The molecule has 2 aliphatic rings. The molecule has 1 N–H and O–H groups in total. The molecule has 0 amide bonds. The van der Waals surface area contributed by atoms with Gasteiger partial charge in [0.25, 0.3) is 0 Å². The maximum absolute atomic E-state index is 10.1. The average molecular weight is 249 g/mol. The highest BCUT2D eigenvalue weighted by Gasteiger charge is 2.31. The molecule has 4 nitrogen and oxygen atoms in total. The van der Waals surface area contributed by atoms with Crippen LogP contribution in [0.15, 0.2) is 18.5 Å². The van der Waals surface area contributed by atoms with E-state index in [2.05, 4.69) is 20.9 Å². The van der Waals surface area contributed by atoms with E-state index in [1.54, 1.807) is 0 Å². The zero-order valence-electron chi connectivity index (χ0n) is 10.9. The zero-order valence-corrected chi connectivity index (χ0v) is 10.9. The maximum Gasteiger partial charge on any atom is 0.0695 e. The first-order valence-corrected chi connectivity index (χ1v) is 7.26. The molecule has 1 aromatic rings. The van der Waals surface area contributed by atoms with Gasteiger partial charge in [0.05, 0.1) is 12.1 Å². The molecule has 0 radical (unpaired) electrons. The number of rotatable bonds is 2. The molecule has 2 heterocycles. The molecular formula is C14H23N3O. The summed E-state index contributed by atoms with van der Waals surface area (Å²) in [7, 11) is 0. The zero-order chi connectivity index (χ0) is 12.4. The van der Waals surface area contributed by atoms with Crippen molar-refractivity contribution in [1.82, 2.24) is 14.7 Å². The van der Waals surface area contributed by atoms with Gasteiger partial charge < -0.3 is 5.11 Å². The lowest BCUT2D eigenvalue weighted by Crippen LogP contribution is -2.49. The number of hydrogen-bond acceptors (Lipinski definition) is 3. The van der Waals surface area contributed by atoms with E-state index in [1.165, 1.54) is 19.3 Å². The minimum Gasteiger partial charge on any atom is -0.391 e. The molecule has 4 heteroatoms. The van der Waals surface area contributed by atoms with Crippen molar-refractivity contribution in [3.8, 4) is 0 Å². The Morgan fingerprint density at radius 3 is 2.50 bits per heavy atom. The molecule has 0 spiro atoms. The third kappa shape index (κ3) is 2.45. The maximum atomic E-state index is 10.1. The highest BCUT2D eigenvalue weighted by Crippen LogP contribution is 2.28. The van der Waals surface area contributed by atoms with Crippen LogP contribution in [0.5, 0.6) is 0 Å². The van der Waals surface area contributed by atoms with E-state index < -0.39 is 0 Å². The van der Waals surface area contributed by atoms with Crippen molar-refractivity contribution in [2.24, 2.45) is 0 Å². The molecule has 1 aromatic heterocycles. The number of aromatic nitrogens is 2. The Kier molecular flexibility index (Phi) is 3.66. The summed E-state index contributed by atoms with van der Waals surface area (Å²) in [5.74, 6) is 0. The second-order valence-electron chi connectivity index (χ2n) is 5.67. The van der Waals surface area contributed by atoms with E-state index in [9.17, 15) is 5.11 Å². The van der Waals surface area contributed by atoms with Crippen molar-refractivity contribution in [1.29, 1.82) is 0 Å². The third-order valence-corrected chi connectivity index (χ3v) is 4.56. The van der Waals surface area contributed by atoms with E-state index in [0.717, 1.165) is 32.4 Å². The molecule has 18 heavy (non-hydrogen) atoms. The third-order valence-electron chi connectivity index (χ3n) is 4.56. The van der Waals surface area contributed by atoms with E-state index >= 15 is 0 Å². The number of nitrogens with zero attached hydrogens (tertiary/aromatic N) is 3. The fraction of sp³-hybridized carbons (Fsp3) is 0.786. The highest BCUT2D eigenvalue weighted by atomic mass is 16.3. The molecule has 1 aliphatic carbocycles. The number of aliphatic hydroxyl groups excluding tert-OH is 1. The van der Waals surface area contributed by atoms with Crippen molar-refractivity contribution in [2.45, 2.75) is 56.7 Å². The first kappa shape index (κ1) is 12.2. The molecule has 0 bridgehead atoms. The molecule has 2 unspecified atom stereocenters. The second kappa shape index (κ2) is 5.41. The Bertz CT molecular complexity index is 357. The van der Waals surface area contributed by atoms with Gasteiger partial charge in [0, 0.05) is 31.5 Å². The van der Waals surface area contributed by atoms with Gasteiger partial charge in [-0.15, -0.1) is 0 Å². The largest absolute Gasteiger partial charge is 0.391 e. The van der Waals surface area contributed by atoms with Gasteiger partial charge in [0.2, 0.25) is 0 Å². The number of piperidine rings is 1. The quantitative estimate of drug-likeness (QED) is 0.869. The molecule has 1 saturated heterocycles. The summed E-state index contributed by atoms with van der Waals surface area (Å²) in [5.41, 5.74) is 0.